The molecule has 1 N–H and O–H groups in total. The monoisotopic (exact) mass is 293 g/mol. The van der Waals surface area contributed by atoms with Gasteiger partial charge < -0.3 is 15.1 Å². The number of nitrogens with one attached hydrogen (secondary N) is 1. The normalized spacial score (nSPS) is 18.7. The lowest BCUT2D eigenvalue weighted by atomic mass is 9.99. The lowest BCUT2D eigenvalue weighted by molar-refractivity contribution is 0.252. The van der Waals surface area contributed by atoms with Crippen molar-refractivity contribution in [2.75, 3.05) is 38.6 Å². The number of nitrogens with zero attached hydrogens (tertiary/aromatic N) is 2. The van der Waals surface area contributed by atoms with Gasteiger partial charge in [-0.05, 0) is 58.1 Å². The summed E-state index contributed by atoms with van der Waals surface area (Å²) in [4.78, 5) is 4.50. The van der Waals surface area contributed by atoms with Gasteiger partial charge in [0.2, 0.25) is 0 Å². The maximum atomic E-state index is 14.5. The van der Waals surface area contributed by atoms with Crippen molar-refractivity contribution >= 4 is 5.69 Å². The molecule has 0 aromatic heterocycles. The van der Waals surface area contributed by atoms with Crippen LogP contribution in [0.4, 0.5) is 10.1 Å². The molecule has 1 aromatic carbocycles. The quantitative estimate of drug-likeness (QED) is 0.900. The van der Waals surface area contributed by atoms with Crippen molar-refractivity contribution in [3.63, 3.8) is 0 Å². The first-order valence-corrected chi connectivity index (χ1v) is 7.97. The van der Waals surface area contributed by atoms with Crippen molar-refractivity contribution < 1.29 is 4.39 Å². The fourth-order valence-electron chi connectivity index (χ4n) is 3.23. The highest BCUT2D eigenvalue weighted by Gasteiger charge is 2.25. The maximum Gasteiger partial charge on any atom is 0.146 e. The molecule has 1 aliphatic rings. The first-order chi connectivity index (χ1) is 10.0. The van der Waals surface area contributed by atoms with E-state index in [1.165, 1.54) is 0 Å². The highest BCUT2D eigenvalue weighted by Crippen LogP contribution is 2.31. The van der Waals surface area contributed by atoms with E-state index in [1.54, 1.807) is 6.07 Å². The van der Waals surface area contributed by atoms with E-state index >= 15 is 0 Å². The van der Waals surface area contributed by atoms with Gasteiger partial charge in [-0.1, -0.05) is 19.1 Å². The van der Waals surface area contributed by atoms with Crippen LogP contribution in [-0.2, 0) is 0 Å². The van der Waals surface area contributed by atoms with Crippen LogP contribution in [0.15, 0.2) is 18.2 Å². The molecule has 1 saturated heterocycles. The molecule has 1 atom stereocenters. The van der Waals surface area contributed by atoms with Crippen molar-refractivity contribution in [1.29, 1.82) is 0 Å². The summed E-state index contributed by atoms with van der Waals surface area (Å²) in [5.41, 5.74) is 1.82. The smallest absolute Gasteiger partial charge is 0.146 e. The first kappa shape index (κ1) is 16.2. The average Bonchev–Trinajstić information content (AvgIpc) is 2.47. The van der Waals surface area contributed by atoms with Gasteiger partial charge in [-0.2, -0.15) is 0 Å². The van der Waals surface area contributed by atoms with E-state index < -0.39 is 0 Å². The number of benzene rings is 1. The van der Waals surface area contributed by atoms with E-state index in [-0.39, 0.29) is 11.9 Å². The largest absolute Gasteiger partial charge is 0.369 e. The van der Waals surface area contributed by atoms with Crippen LogP contribution in [0.5, 0.6) is 0 Å². The minimum absolute atomic E-state index is 0.112. The van der Waals surface area contributed by atoms with Crippen LogP contribution in [0.2, 0.25) is 0 Å². The van der Waals surface area contributed by atoms with Crippen molar-refractivity contribution in [3.05, 3.63) is 29.6 Å². The van der Waals surface area contributed by atoms with Crippen molar-refractivity contribution in [2.45, 2.75) is 38.8 Å². The summed E-state index contributed by atoms with van der Waals surface area (Å²) in [5.74, 6) is -0.112. The number of piperidine rings is 1. The van der Waals surface area contributed by atoms with Crippen LogP contribution in [0.1, 0.15) is 38.3 Å². The minimum Gasteiger partial charge on any atom is -0.369 e. The fraction of sp³-hybridized carbons (Fsp3) is 0.647. The number of rotatable bonds is 5. The Morgan fingerprint density at radius 3 is 2.67 bits per heavy atom. The Morgan fingerprint density at radius 1 is 1.38 bits per heavy atom. The molecule has 4 heteroatoms. The summed E-state index contributed by atoms with van der Waals surface area (Å²) in [5, 5.41) is 3.39. The number of para-hydroxylation sites is 1. The summed E-state index contributed by atoms with van der Waals surface area (Å²) < 4.78 is 14.5. The Labute approximate surface area is 128 Å². The van der Waals surface area contributed by atoms with Gasteiger partial charge >= 0.3 is 0 Å². The molecule has 1 aromatic rings. The number of hydrogen-bond donors (Lipinski definition) is 1. The van der Waals surface area contributed by atoms with Crippen molar-refractivity contribution in [3.8, 4) is 0 Å². The Kier molecular flexibility index (Phi) is 5.59. The molecule has 0 bridgehead atoms. The Balaban J connectivity index is 2.24. The molecule has 2 rings (SSSR count). The molecule has 1 aliphatic heterocycles. The second kappa shape index (κ2) is 7.23. The molecule has 0 saturated carbocycles. The van der Waals surface area contributed by atoms with E-state index in [9.17, 15) is 4.39 Å². The summed E-state index contributed by atoms with van der Waals surface area (Å²) >= 11 is 0. The summed E-state index contributed by atoms with van der Waals surface area (Å²) in [6.45, 7) is 7.23. The van der Waals surface area contributed by atoms with Gasteiger partial charge in [-0.15, -0.1) is 0 Å². The number of hydrogen-bond acceptors (Lipinski definition) is 3. The van der Waals surface area contributed by atoms with Gasteiger partial charge in [0.15, 0.2) is 0 Å². The molecule has 3 nitrogen and oxygen atoms in total. The van der Waals surface area contributed by atoms with Gasteiger partial charge in [-0.25, -0.2) is 4.39 Å². The van der Waals surface area contributed by atoms with Gasteiger partial charge in [0.05, 0.1) is 5.69 Å². The lowest BCUT2D eigenvalue weighted by Crippen LogP contribution is -2.42. The van der Waals surface area contributed by atoms with Crippen LogP contribution in [-0.4, -0.2) is 44.7 Å². The molecule has 21 heavy (non-hydrogen) atoms. The maximum absolute atomic E-state index is 14.5. The zero-order chi connectivity index (χ0) is 15.4. The highest BCUT2D eigenvalue weighted by molar-refractivity contribution is 5.56. The molecule has 1 fully saturated rings. The molecule has 1 unspecified atom stereocenters. The van der Waals surface area contributed by atoms with E-state index in [4.69, 9.17) is 0 Å². The molecular weight excluding hydrogens is 265 g/mol. The zero-order valence-electron chi connectivity index (χ0n) is 13.7. The third kappa shape index (κ3) is 3.74. The van der Waals surface area contributed by atoms with Crippen LogP contribution < -0.4 is 10.2 Å². The number of halogens is 1. The summed E-state index contributed by atoms with van der Waals surface area (Å²) in [6, 6.07) is 6.00. The predicted octanol–water partition coefficient (Wildman–Crippen LogP) is 3.03. The summed E-state index contributed by atoms with van der Waals surface area (Å²) in [6.07, 6.45) is 2.19. The van der Waals surface area contributed by atoms with Gasteiger partial charge in [-0.3, -0.25) is 0 Å². The van der Waals surface area contributed by atoms with E-state index in [0.717, 1.165) is 43.7 Å². The van der Waals surface area contributed by atoms with Crippen LogP contribution in [0.3, 0.4) is 0 Å². The lowest BCUT2D eigenvalue weighted by Gasteiger charge is -2.38. The van der Waals surface area contributed by atoms with Gasteiger partial charge in [0, 0.05) is 19.1 Å². The number of likely N-dealkylation sites (tertiary alicyclic amines) is 1. The van der Waals surface area contributed by atoms with Gasteiger partial charge in [0.1, 0.15) is 5.82 Å². The fourth-order valence-corrected chi connectivity index (χ4v) is 3.23. The Morgan fingerprint density at radius 2 is 2.05 bits per heavy atom. The van der Waals surface area contributed by atoms with E-state index in [0.29, 0.717) is 6.04 Å². The Hall–Kier alpha value is -1.13. The second-order valence-electron chi connectivity index (χ2n) is 6.10. The van der Waals surface area contributed by atoms with E-state index in [1.807, 2.05) is 19.2 Å². The standard InChI is InChI=1S/C17H28FN3/c1-5-19-13(2)15-7-6-8-16(18)17(15)21(4)14-9-11-20(3)12-10-14/h6-8,13-14,19H,5,9-12H2,1-4H3. The van der Waals surface area contributed by atoms with Crippen LogP contribution in [0.25, 0.3) is 0 Å². The van der Waals surface area contributed by atoms with Crippen LogP contribution in [0, 0.1) is 5.82 Å². The van der Waals surface area contributed by atoms with Gasteiger partial charge in [0.25, 0.3) is 0 Å². The van der Waals surface area contributed by atoms with E-state index in [2.05, 4.69) is 36.0 Å². The van der Waals surface area contributed by atoms with Crippen LogP contribution >= 0.6 is 0 Å². The Bertz CT molecular complexity index is 455. The predicted molar refractivity (Wildman–Crippen MR) is 87.4 cm³/mol. The SMILES string of the molecule is CCNC(C)c1cccc(F)c1N(C)C1CCN(C)CC1. The first-order valence-electron chi connectivity index (χ1n) is 7.97. The zero-order valence-corrected chi connectivity index (χ0v) is 13.7. The third-order valence-electron chi connectivity index (χ3n) is 4.58. The second-order valence-corrected chi connectivity index (χ2v) is 6.10. The number of anilines is 1. The molecule has 0 aliphatic carbocycles. The molecule has 0 spiro atoms. The van der Waals surface area contributed by atoms with Crippen molar-refractivity contribution in [2.24, 2.45) is 0 Å². The molecular formula is C17H28FN3. The molecule has 118 valence electrons. The third-order valence-corrected chi connectivity index (χ3v) is 4.58. The molecule has 0 radical (unpaired) electrons. The topological polar surface area (TPSA) is 18.5 Å². The minimum atomic E-state index is -0.112. The molecule has 0 amide bonds. The van der Waals surface area contributed by atoms with Crippen molar-refractivity contribution in [1.82, 2.24) is 10.2 Å². The highest BCUT2D eigenvalue weighted by atomic mass is 19.1. The summed E-state index contributed by atoms with van der Waals surface area (Å²) in [7, 11) is 4.19. The molecule has 1 heterocycles. The average molecular weight is 293 g/mol.